The second-order valence-corrected chi connectivity index (χ2v) is 5.75. The number of nitrogens with two attached hydrogens (primary N) is 1. The molecular formula is C20H21N3O2. The average Bonchev–Trinajstić information content (AvgIpc) is 2.82. The second-order valence-electron chi connectivity index (χ2n) is 5.75. The lowest BCUT2D eigenvalue weighted by atomic mass is 10.2. The van der Waals surface area contributed by atoms with Crippen LogP contribution in [0.15, 0.2) is 59.6 Å². The lowest BCUT2D eigenvalue weighted by Crippen LogP contribution is -2.07. The van der Waals surface area contributed by atoms with Gasteiger partial charge in [-0.2, -0.15) is 4.99 Å². The van der Waals surface area contributed by atoms with Gasteiger partial charge in [0.05, 0.1) is 23.2 Å². The summed E-state index contributed by atoms with van der Waals surface area (Å²) in [6.45, 7) is 2.33. The van der Waals surface area contributed by atoms with E-state index in [0.29, 0.717) is 17.7 Å². The SMILES string of the molecule is C/C=C/CCCOC(=O)/N=c1\cccc2c(c1)[nH]c1c(N)cccc12. The fraction of sp³-hybridized carbons (Fsp3) is 0.200. The predicted octanol–water partition coefficient (Wildman–Crippen LogP) is 4.30. The van der Waals surface area contributed by atoms with E-state index in [2.05, 4.69) is 9.98 Å². The number of H-pyrrole nitrogens is 1. The molecule has 0 aliphatic heterocycles. The molecular weight excluding hydrogens is 314 g/mol. The zero-order valence-corrected chi connectivity index (χ0v) is 14.2. The molecule has 0 atom stereocenters. The fourth-order valence-electron chi connectivity index (χ4n) is 2.75. The number of carbonyl (C=O) groups excluding carboxylic acids is 1. The van der Waals surface area contributed by atoms with E-state index in [1.165, 1.54) is 0 Å². The Hall–Kier alpha value is -3.08. The zero-order valence-electron chi connectivity index (χ0n) is 14.2. The van der Waals surface area contributed by atoms with Gasteiger partial charge in [0.1, 0.15) is 0 Å². The molecule has 0 saturated heterocycles. The van der Waals surface area contributed by atoms with Gasteiger partial charge >= 0.3 is 6.09 Å². The molecule has 0 aliphatic carbocycles. The lowest BCUT2D eigenvalue weighted by Gasteiger charge is -1.98. The van der Waals surface area contributed by atoms with Crippen molar-refractivity contribution >= 4 is 33.6 Å². The van der Waals surface area contributed by atoms with Crippen molar-refractivity contribution in [2.75, 3.05) is 12.3 Å². The number of hydrogen-bond donors (Lipinski definition) is 2. The third kappa shape index (κ3) is 3.88. The van der Waals surface area contributed by atoms with Crippen LogP contribution in [0.3, 0.4) is 0 Å². The van der Waals surface area contributed by atoms with Crippen molar-refractivity contribution in [3.8, 4) is 0 Å². The number of aromatic amines is 1. The highest BCUT2D eigenvalue weighted by atomic mass is 16.5. The van der Waals surface area contributed by atoms with Crippen molar-refractivity contribution in [3.05, 3.63) is 60.0 Å². The summed E-state index contributed by atoms with van der Waals surface area (Å²) in [5.74, 6) is 0. The van der Waals surface area contributed by atoms with Crippen LogP contribution in [-0.4, -0.2) is 17.7 Å². The van der Waals surface area contributed by atoms with Crippen LogP contribution in [0.25, 0.3) is 21.8 Å². The number of carbonyl (C=O) groups is 1. The number of unbranched alkanes of at least 4 members (excludes halogenated alkanes) is 1. The molecule has 0 fully saturated rings. The first-order valence-electron chi connectivity index (χ1n) is 8.32. The van der Waals surface area contributed by atoms with E-state index in [9.17, 15) is 4.79 Å². The zero-order chi connectivity index (χ0) is 17.6. The minimum Gasteiger partial charge on any atom is -0.448 e. The maximum atomic E-state index is 11.9. The van der Waals surface area contributed by atoms with Gasteiger partial charge in [-0.1, -0.05) is 36.4 Å². The molecule has 5 heteroatoms. The molecule has 0 saturated carbocycles. The van der Waals surface area contributed by atoms with Crippen LogP contribution in [0.2, 0.25) is 0 Å². The van der Waals surface area contributed by atoms with Crippen molar-refractivity contribution in [1.82, 2.24) is 4.98 Å². The number of aromatic nitrogens is 1. The monoisotopic (exact) mass is 335 g/mol. The Morgan fingerprint density at radius 3 is 2.88 bits per heavy atom. The van der Waals surface area contributed by atoms with Crippen LogP contribution in [-0.2, 0) is 4.74 Å². The Balaban J connectivity index is 1.88. The Labute approximate surface area is 145 Å². The highest BCUT2D eigenvalue weighted by molar-refractivity contribution is 6.10. The van der Waals surface area contributed by atoms with E-state index in [4.69, 9.17) is 10.5 Å². The Morgan fingerprint density at radius 2 is 2.04 bits per heavy atom. The molecule has 3 rings (SSSR count). The summed E-state index contributed by atoms with van der Waals surface area (Å²) in [7, 11) is 0. The third-order valence-electron chi connectivity index (χ3n) is 3.96. The molecule has 0 radical (unpaired) electrons. The predicted molar refractivity (Wildman–Crippen MR) is 101 cm³/mol. The van der Waals surface area contributed by atoms with Crippen molar-refractivity contribution < 1.29 is 9.53 Å². The summed E-state index contributed by atoms with van der Waals surface area (Å²) in [5.41, 5.74) is 8.48. The Kier molecular flexibility index (Phi) is 5.14. The normalized spacial score (nSPS) is 12.3. The minimum absolute atomic E-state index is 0.365. The van der Waals surface area contributed by atoms with E-state index >= 15 is 0 Å². The standard InChI is InChI=1S/C20H21N3O2/c1-2-3-4-5-12-25-20(24)22-14-8-6-9-15-16-10-7-11-17(21)19(16)23-18(15)13-14/h2-3,6-11,13,23H,4-5,12,21H2,1H3/b3-2+,22-14+. The van der Waals surface area contributed by atoms with Crippen molar-refractivity contribution in [2.45, 2.75) is 19.8 Å². The van der Waals surface area contributed by atoms with Gasteiger partial charge in [-0.25, -0.2) is 4.79 Å². The quantitative estimate of drug-likeness (QED) is 0.424. The van der Waals surface area contributed by atoms with Crippen molar-refractivity contribution in [2.24, 2.45) is 4.99 Å². The second kappa shape index (κ2) is 7.66. The first kappa shape index (κ1) is 16.8. The highest BCUT2D eigenvalue weighted by Gasteiger charge is 2.05. The molecule has 0 unspecified atom stereocenters. The maximum absolute atomic E-state index is 11.9. The van der Waals surface area contributed by atoms with Gasteiger partial charge in [0.15, 0.2) is 0 Å². The van der Waals surface area contributed by atoms with Gasteiger partial charge in [0, 0.05) is 16.3 Å². The first-order valence-corrected chi connectivity index (χ1v) is 8.32. The number of para-hydroxylation sites is 1. The van der Waals surface area contributed by atoms with E-state index in [1.54, 1.807) is 6.07 Å². The number of nitrogens with one attached hydrogen (secondary N) is 1. The molecule has 2 aromatic carbocycles. The molecule has 25 heavy (non-hydrogen) atoms. The Bertz CT molecular complexity index is 1000. The Morgan fingerprint density at radius 1 is 1.24 bits per heavy atom. The largest absolute Gasteiger partial charge is 0.448 e. The van der Waals surface area contributed by atoms with Crippen LogP contribution >= 0.6 is 0 Å². The molecule has 0 bridgehead atoms. The summed E-state index contributed by atoms with van der Waals surface area (Å²) in [6, 6.07) is 13.3. The van der Waals surface area contributed by atoms with Crippen molar-refractivity contribution in [1.29, 1.82) is 0 Å². The third-order valence-corrected chi connectivity index (χ3v) is 3.96. The number of anilines is 1. The minimum atomic E-state index is -0.574. The summed E-state index contributed by atoms with van der Waals surface area (Å²) >= 11 is 0. The molecule has 1 aromatic heterocycles. The topological polar surface area (TPSA) is 80.5 Å². The molecule has 1 amide bonds. The number of allylic oxidation sites excluding steroid dienone is 2. The van der Waals surface area contributed by atoms with Crippen LogP contribution in [0, 0.1) is 0 Å². The van der Waals surface area contributed by atoms with E-state index < -0.39 is 6.09 Å². The number of nitrogens with zero attached hydrogens (tertiary/aromatic N) is 1. The number of nitrogen functional groups attached to an aromatic ring is 1. The average molecular weight is 335 g/mol. The molecule has 3 N–H and O–H groups in total. The van der Waals surface area contributed by atoms with Crippen LogP contribution in [0.5, 0.6) is 0 Å². The van der Waals surface area contributed by atoms with E-state index in [0.717, 1.165) is 34.6 Å². The summed E-state index contributed by atoms with van der Waals surface area (Å²) in [4.78, 5) is 19.2. The number of rotatable bonds is 4. The summed E-state index contributed by atoms with van der Waals surface area (Å²) in [6.07, 6.45) is 5.13. The lowest BCUT2D eigenvalue weighted by molar-refractivity contribution is 0.155. The molecule has 0 aliphatic rings. The molecule has 1 heterocycles. The van der Waals surface area contributed by atoms with Crippen LogP contribution in [0.4, 0.5) is 10.5 Å². The number of amides is 1. The molecule has 128 valence electrons. The number of hydrogen-bond acceptors (Lipinski definition) is 3. The maximum Gasteiger partial charge on any atom is 0.434 e. The van der Waals surface area contributed by atoms with Crippen LogP contribution < -0.4 is 11.1 Å². The van der Waals surface area contributed by atoms with Gasteiger partial charge in [0.25, 0.3) is 0 Å². The number of benzene rings is 1. The smallest absolute Gasteiger partial charge is 0.434 e. The summed E-state index contributed by atoms with van der Waals surface area (Å²) < 4.78 is 5.14. The van der Waals surface area contributed by atoms with Gasteiger partial charge in [0.2, 0.25) is 0 Å². The highest BCUT2D eigenvalue weighted by Crippen LogP contribution is 2.27. The van der Waals surface area contributed by atoms with E-state index in [1.807, 2.05) is 55.5 Å². The van der Waals surface area contributed by atoms with Crippen molar-refractivity contribution in [3.63, 3.8) is 0 Å². The number of ether oxygens (including phenoxy) is 1. The molecule has 5 nitrogen and oxygen atoms in total. The fourth-order valence-corrected chi connectivity index (χ4v) is 2.75. The number of fused-ring (bicyclic) bond motifs is 3. The molecule has 3 aromatic rings. The molecule has 0 spiro atoms. The first-order chi connectivity index (χ1) is 12.2. The van der Waals surface area contributed by atoms with E-state index in [-0.39, 0.29) is 0 Å². The van der Waals surface area contributed by atoms with Gasteiger partial charge in [-0.05, 0) is 38.0 Å². The van der Waals surface area contributed by atoms with Gasteiger partial charge < -0.3 is 15.5 Å². The van der Waals surface area contributed by atoms with Gasteiger partial charge in [-0.15, -0.1) is 0 Å². The van der Waals surface area contributed by atoms with Gasteiger partial charge in [-0.3, -0.25) is 0 Å². The summed E-state index contributed by atoms with van der Waals surface area (Å²) in [5, 5.41) is 2.62. The van der Waals surface area contributed by atoms with Crippen LogP contribution in [0.1, 0.15) is 19.8 Å².